The molecule has 1 aromatic heterocycles. The number of nitrogens with one attached hydrogen (secondary N) is 1. The summed E-state index contributed by atoms with van der Waals surface area (Å²) in [7, 11) is 1.61. The summed E-state index contributed by atoms with van der Waals surface area (Å²) in [4.78, 5) is 8.48. The lowest BCUT2D eigenvalue weighted by Crippen LogP contribution is -2.13. The Kier molecular flexibility index (Phi) is 4.86. The van der Waals surface area contributed by atoms with E-state index in [9.17, 15) is 0 Å². The molecule has 0 aliphatic carbocycles. The van der Waals surface area contributed by atoms with Gasteiger partial charge in [0.25, 0.3) is 0 Å². The Labute approximate surface area is 113 Å². The van der Waals surface area contributed by atoms with E-state index < -0.39 is 0 Å². The molecular formula is C15H19N3O. The smallest absolute Gasteiger partial charge is 0.240 e. The van der Waals surface area contributed by atoms with Crippen LogP contribution in [0.5, 0.6) is 5.88 Å². The fourth-order valence-electron chi connectivity index (χ4n) is 1.86. The molecule has 100 valence electrons. The molecule has 0 bridgehead atoms. The first-order chi connectivity index (χ1) is 9.35. The minimum Gasteiger partial charge on any atom is -0.479 e. The van der Waals surface area contributed by atoms with Gasteiger partial charge in [0.15, 0.2) is 0 Å². The second-order valence-corrected chi connectivity index (χ2v) is 4.29. The number of benzene rings is 1. The molecule has 1 heterocycles. The molecule has 4 nitrogen and oxygen atoms in total. The minimum atomic E-state index is 0.555. The molecule has 0 amide bonds. The molecule has 0 saturated heterocycles. The molecule has 19 heavy (non-hydrogen) atoms. The topological polar surface area (TPSA) is 47.0 Å². The van der Waals surface area contributed by atoms with Crippen molar-refractivity contribution in [2.75, 3.05) is 13.7 Å². The molecule has 0 aliphatic heterocycles. The minimum absolute atomic E-state index is 0.555. The van der Waals surface area contributed by atoms with Gasteiger partial charge in [0.05, 0.1) is 7.11 Å². The van der Waals surface area contributed by atoms with Gasteiger partial charge in [0.2, 0.25) is 5.88 Å². The van der Waals surface area contributed by atoms with Crippen molar-refractivity contribution < 1.29 is 4.74 Å². The van der Waals surface area contributed by atoms with Crippen LogP contribution in [0.2, 0.25) is 0 Å². The quantitative estimate of drug-likeness (QED) is 0.808. The van der Waals surface area contributed by atoms with Gasteiger partial charge < -0.3 is 10.1 Å². The first-order valence-corrected chi connectivity index (χ1v) is 6.50. The van der Waals surface area contributed by atoms with Crippen LogP contribution in [0.3, 0.4) is 0 Å². The van der Waals surface area contributed by atoms with Gasteiger partial charge in [-0.15, -0.1) is 0 Å². The maximum Gasteiger partial charge on any atom is 0.240 e. The van der Waals surface area contributed by atoms with E-state index in [4.69, 9.17) is 4.74 Å². The average molecular weight is 257 g/mol. The van der Waals surface area contributed by atoms with E-state index in [1.165, 1.54) is 5.56 Å². The number of nitrogens with zero attached hydrogens (tertiary/aromatic N) is 2. The summed E-state index contributed by atoms with van der Waals surface area (Å²) >= 11 is 0. The van der Waals surface area contributed by atoms with Gasteiger partial charge in [-0.2, -0.15) is 0 Å². The van der Waals surface area contributed by atoms with Crippen molar-refractivity contribution in [1.29, 1.82) is 0 Å². The molecule has 2 aromatic rings. The summed E-state index contributed by atoms with van der Waals surface area (Å²) in [5, 5.41) is 3.38. The number of aromatic nitrogens is 2. The van der Waals surface area contributed by atoms with Crippen molar-refractivity contribution in [3.63, 3.8) is 0 Å². The molecule has 0 atom stereocenters. The summed E-state index contributed by atoms with van der Waals surface area (Å²) in [5.74, 6) is 0.555. The molecule has 1 aromatic carbocycles. The average Bonchev–Trinajstić information content (AvgIpc) is 2.48. The second kappa shape index (κ2) is 6.85. The highest BCUT2D eigenvalue weighted by atomic mass is 16.5. The maximum absolute atomic E-state index is 5.22. The van der Waals surface area contributed by atoms with Gasteiger partial charge in [-0.1, -0.05) is 31.2 Å². The van der Waals surface area contributed by atoms with E-state index in [0.717, 1.165) is 30.8 Å². The van der Waals surface area contributed by atoms with Crippen LogP contribution in [0.4, 0.5) is 0 Å². The Morgan fingerprint density at radius 3 is 2.53 bits per heavy atom. The van der Waals surface area contributed by atoms with Crippen molar-refractivity contribution in [3.8, 4) is 17.1 Å². The van der Waals surface area contributed by atoms with E-state index in [2.05, 4.69) is 46.5 Å². The third-order valence-electron chi connectivity index (χ3n) is 2.84. The normalized spacial score (nSPS) is 10.4. The Hall–Kier alpha value is -1.94. The highest BCUT2D eigenvalue weighted by molar-refractivity contribution is 5.64. The number of rotatable bonds is 6. The summed E-state index contributed by atoms with van der Waals surface area (Å²) in [5.41, 5.74) is 3.06. The van der Waals surface area contributed by atoms with Gasteiger partial charge in [0.1, 0.15) is 5.69 Å². The Morgan fingerprint density at radius 2 is 1.84 bits per heavy atom. The molecule has 0 fully saturated rings. The first kappa shape index (κ1) is 13.5. The number of hydrogen-bond donors (Lipinski definition) is 1. The van der Waals surface area contributed by atoms with E-state index >= 15 is 0 Å². The van der Waals surface area contributed by atoms with Crippen molar-refractivity contribution in [2.24, 2.45) is 0 Å². The summed E-state index contributed by atoms with van der Waals surface area (Å²) in [6.07, 6.45) is 4.45. The largest absolute Gasteiger partial charge is 0.479 e. The Balaban J connectivity index is 2.13. The lowest BCUT2D eigenvalue weighted by Gasteiger charge is -2.07. The number of ether oxygens (including phenoxy) is 1. The van der Waals surface area contributed by atoms with Crippen LogP contribution in [0.25, 0.3) is 11.3 Å². The molecule has 4 heteroatoms. The van der Waals surface area contributed by atoms with Crippen LogP contribution >= 0.6 is 0 Å². The predicted octanol–water partition coefficient (Wildman–Crippen LogP) is 2.65. The highest BCUT2D eigenvalue weighted by Crippen LogP contribution is 2.24. The second-order valence-electron chi connectivity index (χ2n) is 4.29. The van der Waals surface area contributed by atoms with E-state index in [0.29, 0.717) is 5.88 Å². The van der Waals surface area contributed by atoms with Gasteiger partial charge in [-0.3, -0.25) is 0 Å². The summed E-state index contributed by atoms with van der Waals surface area (Å²) in [6.45, 7) is 4.10. The fraction of sp³-hybridized carbons (Fsp3) is 0.333. The Morgan fingerprint density at radius 1 is 1.11 bits per heavy atom. The van der Waals surface area contributed by atoms with Crippen LogP contribution in [-0.4, -0.2) is 23.6 Å². The van der Waals surface area contributed by atoms with E-state index in [1.807, 2.05) is 0 Å². The molecule has 2 rings (SSSR count). The molecule has 0 radical (unpaired) electrons. The molecular weight excluding hydrogens is 238 g/mol. The number of hydrogen-bond acceptors (Lipinski definition) is 4. The van der Waals surface area contributed by atoms with Gasteiger partial charge in [0, 0.05) is 24.5 Å². The van der Waals surface area contributed by atoms with Crippen LogP contribution in [0.1, 0.15) is 18.9 Å². The molecule has 0 unspecified atom stereocenters. The fourth-order valence-corrected chi connectivity index (χ4v) is 1.86. The summed E-state index contributed by atoms with van der Waals surface area (Å²) < 4.78 is 5.22. The van der Waals surface area contributed by atoms with Crippen LogP contribution in [0, 0.1) is 0 Å². The molecule has 1 N–H and O–H groups in total. The van der Waals surface area contributed by atoms with Gasteiger partial charge in [-0.05, 0) is 18.5 Å². The zero-order chi connectivity index (χ0) is 13.5. The third kappa shape index (κ3) is 3.51. The first-order valence-electron chi connectivity index (χ1n) is 6.50. The number of methoxy groups -OCH3 is 1. The molecule has 0 saturated carbocycles. The van der Waals surface area contributed by atoms with Crippen molar-refractivity contribution in [1.82, 2.24) is 15.3 Å². The maximum atomic E-state index is 5.22. The van der Waals surface area contributed by atoms with Crippen molar-refractivity contribution in [3.05, 3.63) is 42.2 Å². The monoisotopic (exact) mass is 257 g/mol. The standard InChI is InChI=1S/C15H19N3O/c1-3-8-16-11-12-4-6-13(7-5-12)14-15(19-2)18-10-9-17-14/h4-7,9-10,16H,3,8,11H2,1-2H3. The van der Waals surface area contributed by atoms with Crippen LogP contribution in [0.15, 0.2) is 36.7 Å². The van der Waals surface area contributed by atoms with Crippen LogP contribution < -0.4 is 10.1 Å². The van der Waals surface area contributed by atoms with Gasteiger partial charge >= 0.3 is 0 Å². The predicted molar refractivity (Wildman–Crippen MR) is 76.0 cm³/mol. The van der Waals surface area contributed by atoms with Crippen LogP contribution in [-0.2, 0) is 6.54 Å². The Bertz CT molecular complexity index is 511. The molecule has 0 spiro atoms. The zero-order valence-electron chi connectivity index (χ0n) is 11.4. The third-order valence-corrected chi connectivity index (χ3v) is 2.84. The van der Waals surface area contributed by atoms with E-state index in [-0.39, 0.29) is 0 Å². The van der Waals surface area contributed by atoms with Crippen molar-refractivity contribution in [2.45, 2.75) is 19.9 Å². The summed E-state index contributed by atoms with van der Waals surface area (Å²) in [6, 6.07) is 8.31. The highest BCUT2D eigenvalue weighted by Gasteiger charge is 2.07. The van der Waals surface area contributed by atoms with E-state index in [1.54, 1.807) is 19.5 Å². The van der Waals surface area contributed by atoms with Crippen molar-refractivity contribution >= 4 is 0 Å². The SMILES string of the molecule is CCCNCc1ccc(-c2nccnc2OC)cc1. The molecule has 0 aliphatic rings. The lowest BCUT2D eigenvalue weighted by atomic mass is 10.1. The van der Waals surface area contributed by atoms with Gasteiger partial charge in [-0.25, -0.2) is 9.97 Å². The zero-order valence-corrected chi connectivity index (χ0v) is 11.4. The lowest BCUT2D eigenvalue weighted by molar-refractivity contribution is 0.398.